The van der Waals surface area contributed by atoms with Gasteiger partial charge in [-0.05, 0) is 62.2 Å². The zero-order valence-electron chi connectivity index (χ0n) is 21.9. The molecule has 3 rings (SSSR count). The van der Waals surface area contributed by atoms with Crippen molar-refractivity contribution in [2.45, 2.75) is 65.7 Å². The number of ketones is 1. The summed E-state index contributed by atoms with van der Waals surface area (Å²) in [7, 11) is 0. The number of fused-ring (bicyclic) bond motifs is 1. The number of aryl methyl sites for hydroxylation is 1. The Kier molecular flexibility index (Phi) is 10.5. The summed E-state index contributed by atoms with van der Waals surface area (Å²) in [6.45, 7) is 9.63. The lowest BCUT2D eigenvalue weighted by Crippen LogP contribution is -2.26. The molecule has 0 aliphatic rings. The van der Waals surface area contributed by atoms with E-state index in [0.29, 0.717) is 34.3 Å². The number of hydrogen-bond donors (Lipinski definition) is 1. The highest BCUT2D eigenvalue weighted by atomic mass is 16.4. The van der Waals surface area contributed by atoms with Gasteiger partial charge in [0.05, 0.1) is 11.1 Å². The van der Waals surface area contributed by atoms with E-state index in [2.05, 4.69) is 37.8 Å². The smallest absolute Gasteiger partial charge is 0.335 e. The maximum atomic E-state index is 13.7. The molecule has 0 spiro atoms. The number of aromatic carboxylic acids is 1. The Bertz CT molecular complexity index is 1180. The van der Waals surface area contributed by atoms with Crippen LogP contribution in [0.3, 0.4) is 0 Å². The molecule has 5 heteroatoms. The van der Waals surface area contributed by atoms with Crippen LogP contribution < -0.4 is 0 Å². The van der Waals surface area contributed by atoms with Gasteiger partial charge in [-0.3, -0.25) is 9.69 Å². The topological polar surface area (TPSA) is 70.7 Å². The third kappa shape index (κ3) is 7.17. The van der Waals surface area contributed by atoms with Gasteiger partial charge in [-0.1, -0.05) is 70.4 Å². The Hall–Kier alpha value is -3.18. The van der Waals surface area contributed by atoms with E-state index in [4.69, 9.17) is 4.42 Å². The molecule has 0 saturated carbocycles. The van der Waals surface area contributed by atoms with Crippen LogP contribution >= 0.6 is 0 Å². The third-order valence-corrected chi connectivity index (χ3v) is 6.47. The van der Waals surface area contributed by atoms with Gasteiger partial charge in [0, 0.05) is 23.9 Å². The van der Waals surface area contributed by atoms with Crippen LogP contribution in [0, 0.1) is 0 Å². The molecule has 36 heavy (non-hydrogen) atoms. The fourth-order valence-electron chi connectivity index (χ4n) is 4.37. The number of furan rings is 1. The number of carboxylic acids is 1. The lowest BCUT2D eigenvalue weighted by Gasteiger charge is -2.19. The Labute approximate surface area is 214 Å². The minimum absolute atomic E-state index is 0.134. The van der Waals surface area contributed by atoms with Gasteiger partial charge < -0.3 is 9.52 Å². The first-order valence-electron chi connectivity index (χ1n) is 13.3. The molecule has 0 bridgehead atoms. The lowest BCUT2D eigenvalue weighted by molar-refractivity contribution is 0.0696. The average molecular weight is 490 g/mol. The molecule has 192 valence electrons. The number of carbonyl (C=O) groups excluding carboxylic acids is 1. The van der Waals surface area contributed by atoms with Crippen LogP contribution in [0.15, 0.2) is 53.0 Å². The van der Waals surface area contributed by atoms with Crippen molar-refractivity contribution in [2.75, 3.05) is 19.6 Å². The number of carboxylic acid groups (broad SMARTS) is 1. The second kappa shape index (κ2) is 13.8. The summed E-state index contributed by atoms with van der Waals surface area (Å²) < 4.78 is 6.03. The molecular formula is C31H39NO4. The van der Waals surface area contributed by atoms with E-state index in [0.717, 1.165) is 38.0 Å². The first kappa shape index (κ1) is 27.4. The summed E-state index contributed by atoms with van der Waals surface area (Å²) in [5, 5.41) is 10.0. The molecular weight excluding hydrogens is 450 g/mol. The highest BCUT2D eigenvalue weighted by Gasteiger charge is 2.23. The quantitative estimate of drug-likeness (QED) is 0.222. The van der Waals surface area contributed by atoms with E-state index in [1.54, 1.807) is 12.1 Å². The molecule has 0 amide bonds. The zero-order valence-corrected chi connectivity index (χ0v) is 21.9. The molecule has 0 saturated heterocycles. The average Bonchev–Trinajstić information content (AvgIpc) is 3.25. The van der Waals surface area contributed by atoms with Crippen LogP contribution in [0.1, 0.15) is 96.9 Å². The predicted molar refractivity (Wildman–Crippen MR) is 147 cm³/mol. The van der Waals surface area contributed by atoms with Crippen molar-refractivity contribution in [1.29, 1.82) is 0 Å². The summed E-state index contributed by atoms with van der Waals surface area (Å²) in [5.74, 6) is -0.529. The van der Waals surface area contributed by atoms with Crippen LogP contribution in [0.2, 0.25) is 0 Å². The molecule has 2 aromatic carbocycles. The molecule has 0 fully saturated rings. The Morgan fingerprint density at radius 2 is 1.64 bits per heavy atom. The summed E-state index contributed by atoms with van der Waals surface area (Å²) in [4.78, 5) is 27.8. The summed E-state index contributed by atoms with van der Waals surface area (Å²) in [6.07, 6.45) is 11.5. The van der Waals surface area contributed by atoms with E-state index in [1.807, 2.05) is 24.3 Å². The van der Waals surface area contributed by atoms with E-state index in [9.17, 15) is 14.7 Å². The van der Waals surface area contributed by atoms with Crippen molar-refractivity contribution in [3.05, 3.63) is 76.6 Å². The van der Waals surface area contributed by atoms with Crippen molar-refractivity contribution in [3.63, 3.8) is 0 Å². The maximum absolute atomic E-state index is 13.7. The molecule has 0 atom stereocenters. The van der Waals surface area contributed by atoms with Crippen molar-refractivity contribution >= 4 is 28.8 Å². The molecule has 0 aliphatic carbocycles. The highest BCUT2D eigenvalue weighted by molar-refractivity contribution is 6.17. The minimum atomic E-state index is -1.02. The van der Waals surface area contributed by atoms with Gasteiger partial charge in [0.25, 0.3) is 0 Å². The first-order valence-corrected chi connectivity index (χ1v) is 13.3. The van der Waals surface area contributed by atoms with Gasteiger partial charge >= 0.3 is 5.97 Å². The predicted octanol–water partition coefficient (Wildman–Crippen LogP) is 7.62. The number of unbranched alkanes of at least 4 members (excludes halogenated alkanes) is 3. The SMILES string of the molecule is CCCCc1oc2ccc(C(=O)O)cc2c1C(=O)c1cccc(C=CCN(CCCC)CCCC)c1. The van der Waals surface area contributed by atoms with E-state index >= 15 is 0 Å². The summed E-state index contributed by atoms with van der Waals surface area (Å²) >= 11 is 0. The molecule has 0 unspecified atom stereocenters. The summed E-state index contributed by atoms with van der Waals surface area (Å²) in [6, 6.07) is 12.3. The van der Waals surface area contributed by atoms with Crippen molar-refractivity contribution in [3.8, 4) is 0 Å². The van der Waals surface area contributed by atoms with Gasteiger partial charge in [0.1, 0.15) is 11.3 Å². The van der Waals surface area contributed by atoms with E-state index < -0.39 is 5.97 Å². The number of carbonyl (C=O) groups is 2. The number of nitrogens with zero attached hydrogens (tertiary/aromatic N) is 1. The lowest BCUT2D eigenvalue weighted by atomic mass is 9.96. The summed E-state index contributed by atoms with van der Waals surface area (Å²) in [5.41, 5.74) is 2.72. The van der Waals surface area contributed by atoms with Crippen LogP contribution in [-0.2, 0) is 6.42 Å². The van der Waals surface area contributed by atoms with Crippen molar-refractivity contribution in [1.82, 2.24) is 4.90 Å². The molecule has 0 radical (unpaired) electrons. The van der Waals surface area contributed by atoms with Crippen LogP contribution in [-0.4, -0.2) is 41.4 Å². The molecule has 0 aliphatic heterocycles. The maximum Gasteiger partial charge on any atom is 0.335 e. The van der Waals surface area contributed by atoms with Crippen LogP contribution in [0.4, 0.5) is 0 Å². The highest BCUT2D eigenvalue weighted by Crippen LogP contribution is 2.30. The number of rotatable bonds is 15. The molecule has 5 nitrogen and oxygen atoms in total. The number of hydrogen-bond acceptors (Lipinski definition) is 4. The first-order chi connectivity index (χ1) is 17.5. The second-order valence-electron chi connectivity index (χ2n) is 9.38. The molecule has 3 aromatic rings. The Morgan fingerprint density at radius 1 is 0.917 bits per heavy atom. The largest absolute Gasteiger partial charge is 0.478 e. The minimum Gasteiger partial charge on any atom is -0.478 e. The normalized spacial score (nSPS) is 11.7. The monoisotopic (exact) mass is 489 g/mol. The zero-order chi connectivity index (χ0) is 25.9. The van der Waals surface area contributed by atoms with Gasteiger partial charge in [-0.25, -0.2) is 4.79 Å². The number of benzene rings is 2. The van der Waals surface area contributed by atoms with Gasteiger partial charge in [-0.15, -0.1) is 0 Å². The van der Waals surface area contributed by atoms with Crippen molar-refractivity contribution < 1.29 is 19.1 Å². The van der Waals surface area contributed by atoms with Gasteiger partial charge in [0.15, 0.2) is 5.78 Å². The van der Waals surface area contributed by atoms with E-state index in [-0.39, 0.29) is 11.3 Å². The third-order valence-electron chi connectivity index (χ3n) is 6.47. The molecule has 1 aromatic heterocycles. The van der Waals surface area contributed by atoms with E-state index in [1.165, 1.54) is 31.7 Å². The second-order valence-corrected chi connectivity index (χ2v) is 9.38. The fourth-order valence-corrected chi connectivity index (χ4v) is 4.37. The standard InChI is InChI=1S/C31H39NO4/c1-4-7-15-28-29(26-22-25(31(34)35)16-17-27(26)36-28)30(33)24-14-10-12-23(21-24)13-11-20-32(18-8-5-2)19-9-6-3/h10-14,16-17,21-22H,4-9,15,18-20H2,1-3H3,(H,34,35). The van der Waals surface area contributed by atoms with Gasteiger partial charge in [-0.2, -0.15) is 0 Å². The Morgan fingerprint density at radius 3 is 2.31 bits per heavy atom. The van der Waals surface area contributed by atoms with Gasteiger partial charge in [0.2, 0.25) is 0 Å². The fraction of sp³-hybridized carbons (Fsp3) is 0.419. The van der Waals surface area contributed by atoms with Crippen molar-refractivity contribution in [2.24, 2.45) is 0 Å². The molecule has 1 N–H and O–H groups in total. The van der Waals surface area contributed by atoms with Crippen LogP contribution in [0.25, 0.3) is 17.0 Å². The molecule has 1 heterocycles. The van der Waals surface area contributed by atoms with Crippen LogP contribution in [0.5, 0.6) is 0 Å². The Balaban J connectivity index is 1.87.